The maximum absolute atomic E-state index is 9.27. The number of para-hydroxylation sites is 1. The monoisotopic (exact) mass is 315 g/mol. The normalized spacial score (nSPS) is 14.0. The number of hydrogen-bond acceptors (Lipinski definition) is 3. The molecule has 0 saturated heterocycles. The number of rotatable bonds is 3. The fraction of sp³-hybridized carbons (Fsp3) is 0.250. The number of aromatic nitrogens is 2. The molecule has 0 amide bonds. The molecule has 0 aliphatic heterocycles. The number of nitriles is 1. The van der Waals surface area contributed by atoms with Gasteiger partial charge in [0.15, 0.2) is 0 Å². The van der Waals surface area contributed by atoms with Gasteiger partial charge in [-0.2, -0.15) is 5.26 Å². The zero-order valence-corrected chi connectivity index (χ0v) is 13.3. The van der Waals surface area contributed by atoms with E-state index in [1.807, 2.05) is 25.1 Å². The molecule has 2 aromatic heterocycles. The molecule has 0 fully saturated rings. The minimum absolute atomic E-state index is 0.139. The van der Waals surface area contributed by atoms with Gasteiger partial charge in [-0.1, -0.05) is 12.1 Å². The van der Waals surface area contributed by atoms with Crippen LogP contribution >= 0.6 is 22.9 Å². The molecule has 0 radical (unpaired) electrons. The van der Waals surface area contributed by atoms with Crippen LogP contribution in [0.4, 0.5) is 0 Å². The Morgan fingerprint density at radius 3 is 2.71 bits per heavy atom. The first kappa shape index (κ1) is 14.1. The van der Waals surface area contributed by atoms with Crippen molar-refractivity contribution in [2.45, 2.75) is 25.3 Å². The SMILES string of the molecule is CC(Cl)c1nc2c(C#N)cccc2n1C(C)c1cccs1. The van der Waals surface area contributed by atoms with E-state index in [0.29, 0.717) is 5.56 Å². The fourth-order valence-corrected chi connectivity index (χ4v) is 3.50. The van der Waals surface area contributed by atoms with E-state index in [9.17, 15) is 5.26 Å². The molecule has 0 spiro atoms. The zero-order valence-electron chi connectivity index (χ0n) is 11.7. The average molecular weight is 316 g/mol. The van der Waals surface area contributed by atoms with Crippen LogP contribution in [0, 0.1) is 11.3 Å². The zero-order chi connectivity index (χ0) is 15.0. The summed E-state index contributed by atoms with van der Waals surface area (Å²) >= 11 is 8.03. The van der Waals surface area contributed by atoms with Gasteiger partial charge in [-0.05, 0) is 37.4 Å². The molecule has 3 aromatic rings. The number of benzene rings is 1. The van der Waals surface area contributed by atoms with Gasteiger partial charge in [-0.15, -0.1) is 22.9 Å². The highest BCUT2D eigenvalue weighted by Crippen LogP contribution is 2.33. The first-order valence-corrected chi connectivity index (χ1v) is 8.03. The van der Waals surface area contributed by atoms with Crippen LogP contribution in [0.1, 0.15) is 41.5 Å². The molecule has 2 atom stereocenters. The smallest absolute Gasteiger partial charge is 0.128 e. The summed E-state index contributed by atoms with van der Waals surface area (Å²) in [5.74, 6) is 0.801. The van der Waals surface area contributed by atoms with Crippen LogP contribution in [0.15, 0.2) is 35.7 Å². The highest BCUT2D eigenvalue weighted by atomic mass is 35.5. The van der Waals surface area contributed by atoms with Gasteiger partial charge in [0, 0.05) is 4.88 Å². The summed E-state index contributed by atoms with van der Waals surface area (Å²) in [5, 5.41) is 11.1. The van der Waals surface area contributed by atoms with Crippen molar-refractivity contribution in [3.8, 4) is 6.07 Å². The lowest BCUT2D eigenvalue weighted by Crippen LogP contribution is -2.10. The molecule has 3 nitrogen and oxygen atoms in total. The molecule has 3 rings (SSSR count). The number of alkyl halides is 1. The van der Waals surface area contributed by atoms with Crippen molar-refractivity contribution in [2.24, 2.45) is 0 Å². The van der Waals surface area contributed by atoms with Gasteiger partial charge >= 0.3 is 0 Å². The summed E-state index contributed by atoms with van der Waals surface area (Å²) in [4.78, 5) is 5.87. The van der Waals surface area contributed by atoms with Crippen molar-refractivity contribution in [2.75, 3.05) is 0 Å². The fourth-order valence-electron chi connectivity index (χ4n) is 2.57. The lowest BCUT2D eigenvalue weighted by atomic mass is 10.2. The van der Waals surface area contributed by atoms with Crippen molar-refractivity contribution >= 4 is 34.0 Å². The summed E-state index contributed by atoms with van der Waals surface area (Å²) < 4.78 is 2.14. The third kappa shape index (κ3) is 2.33. The number of fused-ring (bicyclic) bond motifs is 1. The van der Waals surface area contributed by atoms with Gasteiger partial charge in [-0.25, -0.2) is 4.98 Å². The van der Waals surface area contributed by atoms with Crippen LogP contribution in [-0.2, 0) is 0 Å². The van der Waals surface area contributed by atoms with Crippen LogP contribution in [-0.4, -0.2) is 9.55 Å². The molecule has 1 aromatic carbocycles. The summed E-state index contributed by atoms with van der Waals surface area (Å²) in [7, 11) is 0. The van der Waals surface area contributed by atoms with E-state index in [0.717, 1.165) is 16.9 Å². The highest BCUT2D eigenvalue weighted by molar-refractivity contribution is 7.10. The summed E-state index contributed by atoms with van der Waals surface area (Å²) in [6, 6.07) is 12.2. The maximum atomic E-state index is 9.27. The Balaban J connectivity index is 2.30. The average Bonchev–Trinajstić information content (AvgIpc) is 3.13. The predicted molar refractivity (Wildman–Crippen MR) is 86.8 cm³/mol. The molecular formula is C16H14ClN3S. The largest absolute Gasteiger partial charge is 0.319 e. The van der Waals surface area contributed by atoms with Crippen LogP contribution < -0.4 is 0 Å². The van der Waals surface area contributed by atoms with Crippen molar-refractivity contribution < 1.29 is 0 Å². The number of thiophene rings is 1. The molecule has 0 N–H and O–H groups in total. The molecule has 0 aliphatic carbocycles. The Morgan fingerprint density at radius 2 is 2.10 bits per heavy atom. The van der Waals surface area contributed by atoms with Gasteiger partial charge in [0.1, 0.15) is 17.4 Å². The first-order valence-electron chi connectivity index (χ1n) is 6.72. The van der Waals surface area contributed by atoms with E-state index in [-0.39, 0.29) is 11.4 Å². The highest BCUT2D eigenvalue weighted by Gasteiger charge is 2.21. The second-order valence-electron chi connectivity index (χ2n) is 4.93. The van der Waals surface area contributed by atoms with Gasteiger partial charge in [0.25, 0.3) is 0 Å². The number of imidazole rings is 1. The quantitative estimate of drug-likeness (QED) is 0.646. The molecule has 0 aliphatic rings. The first-order chi connectivity index (χ1) is 10.1. The Bertz CT molecular complexity index is 812. The summed E-state index contributed by atoms with van der Waals surface area (Å²) in [5.41, 5.74) is 2.27. The van der Waals surface area contributed by atoms with Crippen molar-refractivity contribution in [3.05, 3.63) is 52.0 Å². The molecule has 0 bridgehead atoms. The van der Waals surface area contributed by atoms with E-state index in [1.165, 1.54) is 4.88 Å². The third-order valence-electron chi connectivity index (χ3n) is 3.57. The predicted octanol–water partition coefficient (Wildman–Crippen LogP) is 4.88. The van der Waals surface area contributed by atoms with Crippen molar-refractivity contribution in [1.29, 1.82) is 5.26 Å². The molecular weight excluding hydrogens is 302 g/mol. The van der Waals surface area contributed by atoms with E-state index in [1.54, 1.807) is 17.4 Å². The molecule has 5 heteroatoms. The molecule has 21 heavy (non-hydrogen) atoms. The number of hydrogen-bond donors (Lipinski definition) is 0. The second kappa shape index (κ2) is 5.51. The van der Waals surface area contributed by atoms with Crippen molar-refractivity contribution in [1.82, 2.24) is 9.55 Å². The molecule has 106 valence electrons. The lowest BCUT2D eigenvalue weighted by Gasteiger charge is -2.17. The third-order valence-corrected chi connectivity index (χ3v) is 4.80. The second-order valence-corrected chi connectivity index (χ2v) is 6.57. The Kier molecular flexibility index (Phi) is 3.71. The van der Waals surface area contributed by atoms with Gasteiger partial charge in [0.2, 0.25) is 0 Å². The standard InChI is InChI=1S/C16H14ClN3S/c1-10(17)16-19-15-12(9-18)5-3-6-13(15)20(16)11(2)14-7-4-8-21-14/h3-8,10-11H,1-2H3. The Hall–Kier alpha value is -1.83. The van der Waals surface area contributed by atoms with Gasteiger partial charge in [-0.3, -0.25) is 0 Å². The van der Waals surface area contributed by atoms with Gasteiger partial charge < -0.3 is 4.57 Å². The number of halogens is 1. The summed E-state index contributed by atoms with van der Waals surface area (Å²) in [6.45, 7) is 4.04. The number of nitrogens with zero attached hydrogens (tertiary/aromatic N) is 3. The maximum Gasteiger partial charge on any atom is 0.128 e. The van der Waals surface area contributed by atoms with Crippen LogP contribution in [0.25, 0.3) is 11.0 Å². The molecule has 2 heterocycles. The van der Waals surface area contributed by atoms with Crippen LogP contribution in [0.3, 0.4) is 0 Å². The van der Waals surface area contributed by atoms with Gasteiger partial charge in [0.05, 0.1) is 22.5 Å². The Morgan fingerprint density at radius 1 is 1.29 bits per heavy atom. The van der Waals surface area contributed by atoms with E-state index in [2.05, 4.69) is 34.0 Å². The summed E-state index contributed by atoms with van der Waals surface area (Å²) in [6.07, 6.45) is 0. The Labute approximate surface area is 132 Å². The minimum Gasteiger partial charge on any atom is -0.319 e. The molecule has 0 saturated carbocycles. The van der Waals surface area contributed by atoms with Crippen LogP contribution in [0.2, 0.25) is 0 Å². The van der Waals surface area contributed by atoms with Crippen molar-refractivity contribution in [3.63, 3.8) is 0 Å². The topological polar surface area (TPSA) is 41.6 Å². The lowest BCUT2D eigenvalue weighted by molar-refractivity contribution is 0.628. The van der Waals surface area contributed by atoms with Crippen LogP contribution in [0.5, 0.6) is 0 Å². The molecule has 2 unspecified atom stereocenters. The van der Waals surface area contributed by atoms with E-state index >= 15 is 0 Å². The van der Waals surface area contributed by atoms with E-state index in [4.69, 9.17) is 11.6 Å². The minimum atomic E-state index is -0.216. The van der Waals surface area contributed by atoms with E-state index < -0.39 is 0 Å².